The van der Waals surface area contributed by atoms with Crippen molar-refractivity contribution in [2.45, 2.75) is 6.42 Å². The van der Waals surface area contributed by atoms with Gasteiger partial charge < -0.3 is 14.2 Å². The van der Waals surface area contributed by atoms with E-state index in [0.717, 1.165) is 16.9 Å². The minimum absolute atomic E-state index is 0.0710. The maximum Gasteiger partial charge on any atom is 0.266 e. The number of nitrogens with zero attached hydrogens (tertiary/aromatic N) is 1. The van der Waals surface area contributed by atoms with Gasteiger partial charge in [-0.1, -0.05) is 42.2 Å². The van der Waals surface area contributed by atoms with Crippen molar-refractivity contribution in [3.63, 3.8) is 0 Å². The van der Waals surface area contributed by atoms with Gasteiger partial charge in [0.25, 0.3) is 5.91 Å². The first-order valence-corrected chi connectivity index (χ1v) is 9.88. The lowest BCUT2D eigenvalue weighted by Crippen LogP contribution is -2.30. The lowest BCUT2D eigenvalue weighted by atomic mass is 10.1. The van der Waals surface area contributed by atoms with E-state index in [1.54, 1.807) is 26.2 Å². The van der Waals surface area contributed by atoms with Crippen LogP contribution < -0.4 is 14.2 Å². The number of rotatable bonds is 7. The zero-order chi connectivity index (χ0) is 20.1. The molecule has 0 spiro atoms. The molecule has 7 heteroatoms. The Morgan fingerprint density at radius 2 is 1.82 bits per heavy atom. The predicted octanol–water partition coefficient (Wildman–Crippen LogP) is 4.16. The zero-order valence-corrected chi connectivity index (χ0v) is 17.6. The Hall–Kier alpha value is -2.51. The van der Waals surface area contributed by atoms with Gasteiger partial charge in [-0.3, -0.25) is 9.69 Å². The summed E-state index contributed by atoms with van der Waals surface area (Å²) in [6.45, 7) is 0.510. The highest BCUT2D eigenvalue weighted by atomic mass is 32.2. The minimum Gasteiger partial charge on any atom is -0.497 e. The van der Waals surface area contributed by atoms with E-state index >= 15 is 0 Å². The van der Waals surface area contributed by atoms with Gasteiger partial charge in [-0.05, 0) is 47.9 Å². The highest BCUT2D eigenvalue weighted by Crippen LogP contribution is 2.33. The molecule has 0 radical (unpaired) electrons. The van der Waals surface area contributed by atoms with E-state index in [2.05, 4.69) is 0 Å². The smallest absolute Gasteiger partial charge is 0.266 e. The molecule has 3 rings (SSSR count). The van der Waals surface area contributed by atoms with Crippen LogP contribution in [-0.4, -0.2) is 43.0 Å². The van der Waals surface area contributed by atoms with Gasteiger partial charge in [-0.25, -0.2) is 0 Å². The van der Waals surface area contributed by atoms with Crippen molar-refractivity contribution in [3.05, 3.63) is 58.5 Å². The summed E-state index contributed by atoms with van der Waals surface area (Å²) < 4.78 is 16.4. The average Bonchev–Trinajstić information content (AvgIpc) is 2.98. The first-order valence-electron chi connectivity index (χ1n) is 8.66. The molecule has 0 aromatic heterocycles. The van der Waals surface area contributed by atoms with Gasteiger partial charge >= 0.3 is 0 Å². The molecule has 1 amide bonds. The van der Waals surface area contributed by atoms with Crippen LogP contribution in [0.4, 0.5) is 0 Å². The molecule has 0 bridgehead atoms. The van der Waals surface area contributed by atoms with E-state index in [1.165, 1.54) is 11.8 Å². The molecule has 146 valence electrons. The molecule has 1 fully saturated rings. The normalized spacial score (nSPS) is 15.2. The van der Waals surface area contributed by atoms with Crippen LogP contribution in [0.1, 0.15) is 11.1 Å². The van der Waals surface area contributed by atoms with Gasteiger partial charge in [0.1, 0.15) is 10.1 Å². The highest BCUT2D eigenvalue weighted by molar-refractivity contribution is 8.26. The molecule has 1 saturated heterocycles. The fraction of sp³-hybridized carbons (Fsp3) is 0.238. The molecule has 2 aromatic carbocycles. The fourth-order valence-corrected chi connectivity index (χ4v) is 4.16. The Balaban J connectivity index is 1.71. The number of carbonyl (C=O) groups is 1. The summed E-state index contributed by atoms with van der Waals surface area (Å²) in [5.74, 6) is 2.03. The number of amides is 1. The van der Waals surface area contributed by atoms with Gasteiger partial charge in [0, 0.05) is 6.54 Å². The molecule has 0 atom stereocenters. The van der Waals surface area contributed by atoms with Crippen LogP contribution in [0, 0.1) is 0 Å². The summed E-state index contributed by atoms with van der Waals surface area (Å²) in [6.07, 6.45) is 2.51. The SMILES string of the molecule is COc1cccc(C=C2SC(=S)N(CCc3ccc(OC)c(OC)c3)C2=O)c1. The second kappa shape index (κ2) is 9.12. The van der Waals surface area contributed by atoms with E-state index in [4.69, 9.17) is 26.4 Å². The first kappa shape index (κ1) is 20.2. The van der Waals surface area contributed by atoms with E-state index in [-0.39, 0.29) is 5.91 Å². The largest absolute Gasteiger partial charge is 0.497 e. The van der Waals surface area contributed by atoms with Crippen LogP contribution in [0.25, 0.3) is 6.08 Å². The van der Waals surface area contributed by atoms with Crippen molar-refractivity contribution in [1.29, 1.82) is 0 Å². The zero-order valence-electron chi connectivity index (χ0n) is 15.9. The summed E-state index contributed by atoms with van der Waals surface area (Å²) >= 11 is 6.74. The number of methoxy groups -OCH3 is 3. The second-order valence-electron chi connectivity index (χ2n) is 6.05. The summed E-state index contributed by atoms with van der Waals surface area (Å²) in [5, 5.41) is 0. The molecule has 1 heterocycles. The Morgan fingerprint density at radius 1 is 1.04 bits per heavy atom. The molecule has 2 aromatic rings. The molecule has 1 aliphatic heterocycles. The van der Waals surface area contributed by atoms with Crippen LogP contribution in [0.5, 0.6) is 17.2 Å². The second-order valence-corrected chi connectivity index (χ2v) is 7.73. The van der Waals surface area contributed by atoms with Gasteiger partial charge in [0.15, 0.2) is 11.5 Å². The quantitative estimate of drug-likeness (QED) is 0.500. The Morgan fingerprint density at radius 3 is 2.54 bits per heavy atom. The summed E-state index contributed by atoms with van der Waals surface area (Å²) in [4.78, 5) is 15.1. The van der Waals surface area contributed by atoms with Crippen LogP contribution in [0.3, 0.4) is 0 Å². The molecular weight excluding hydrogens is 394 g/mol. The van der Waals surface area contributed by atoms with Gasteiger partial charge in [-0.2, -0.15) is 0 Å². The Kier molecular flexibility index (Phi) is 6.59. The van der Waals surface area contributed by atoms with E-state index in [9.17, 15) is 4.79 Å². The van der Waals surface area contributed by atoms with E-state index in [1.807, 2.05) is 48.5 Å². The van der Waals surface area contributed by atoms with Gasteiger partial charge in [-0.15, -0.1) is 0 Å². The number of hydrogen-bond donors (Lipinski definition) is 0. The maximum atomic E-state index is 12.8. The van der Waals surface area contributed by atoms with Crippen molar-refractivity contribution < 1.29 is 19.0 Å². The first-order chi connectivity index (χ1) is 13.5. The van der Waals surface area contributed by atoms with Gasteiger partial charge in [0.2, 0.25) is 0 Å². The number of thiocarbonyl (C=S) groups is 1. The third kappa shape index (κ3) is 4.48. The molecule has 0 saturated carbocycles. The average molecular weight is 416 g/mol. The minimum atomic E-state index is -0.0710. The standard InChI is InChI=1S/C21H21NO4S2/c1-24-16-6-4-5-15(11-16)13-19-20(23)22(21(27)28-19)10-9-14-7-8-17(25-2)18(12-14)26-3/h4-8,11-13H,9-10H2,1-3H3. The molecule has 5 nitrogen and oxygen atoms in total. The molecular formula is C21H21NO4S2. The van der Waals surface area contributed by atoms with Crippen molar-refractivity contribution >= 4 is 40.3 Å². The van der Waals surface area contributed by atoms with E-state index in [0.29, 0.717) is 33.7 Å². The lowest BCUT2D eigenvalue weighted by molar-refractivity contribution is -0.122. The van der Waals surface area contributed by atoms with Crippen LogP contribution in [0.2, 0.25) is 0 Å². The van der Waals surface area contributed by atoms with E-state index < -0.39 is 0 Å². The highest BCUT2D eigenvalue weighted by Gasteiger charge is 2.31. The van der Waals surface area contributed by atoms with Gasteiger partial charge in [0.05, 0.1) is 26.2 Å². The topological polar surface area (TPSA) is 48.0 Å². The van der Waals surface area contributed by atoms with Crippen LogP contribution in [-0.2, 0) is 11.2 Å². The van der Waals surface area contributed by atoms with Crippen molar-refractivity contribution in [2.24, 2.45) is 0 Å². The van der Waals surface area contributed by atoms with Crippen molar-refractivity contribution in [3.8, 4) is 17.2 Å². The van der Waals surface area contributed by atoms with Crippen molar-refractivity contribution in [1.82, 2.24) is 4.90 Å². The third-order valence-corrected chi connectivity index (χ3v) is 5.71. The maximum absolute atomic E-state index is 12.8. The molecule has 0 unspecified atom stereocenters. The number of hydrogen-bond acceptors (Lipinski definition) is 6. The molecule has 0 aliphatic carbocycles. The number of ether oxygens (including phenoxy) is 3. The Labute approximate surface area is 174 Å². The molecule has 1 aliphatic rings. The molecule has 0 N–H and O–H groups in total. The van der Waals surface area contributed by atoms with Crippen LogP contribution in [0.15, 0.2) is 47.4 Å². The molecule has 28 heavy (non-hydrogen) atoms. The Bertz CT molecular complexity index is 926. The number of benzene rings is 2. The van der Waals surface area contributed by atoms with Crippen molar-refractivity contribution in [2.75, 3.05) is 27.9 Å². The third-order valence-electron chi connectivity index (χ3n) is 4.34. The van der Waals surface area contributed by atoms with Crippen LogP contribution >= 0.6 is 24.0 Å². The summed E-state index contributed by atoms with van der Waals surface area (Å²) in [5.41, 5.74) is 1.95. The fourth-order valence-electron chi connectivity index (χ4n) is 2.85. The predicted molar refractivity (Wildman–Crippen MR) is 116 cm³/mol. The monoisotopic (exact) mass is 415 g/mol. The lowest BCUT2D eigenvalue weighted by Gasteiger charge is -2.15. The number of thioether (sulfide) groups is 1. The summed E-state index contributed by atoms with van der Waals surface area (Å²) in [6, 6.07) is 13.3. The summed E-state index contributed by atoms with van der Waals surface area (Å²) in [7, 11) is 4.83. The number of carbonyl (C=O) groups excluding carboxylic acids is 1.